The molecule has 1 aromatic rings. The van der Waals surface area contributed by atoms with Gasteiger partial charge in [0.1, 0.15) is 0 Å². The molecule has 3 rings (SSSR count). The van der Waals surface area contributed by atoms with E-state index in [9.17, 15) is 0 Å². The van der Waals surface area contributed by atoms with Crippen LogP contribution in [0.2, 0.25) is 0 Å². The SMILES string of the molecule is CC1(C(NN)C2CCCc3cccnc32)CCCCC1. The molecule has 2 atom stereocenters. The molecule has 3 nitrogen and oxygen atoms in total. The first-order valence-corrected chi connectivity index (χ1v) is 8.14. The molecule has 0 amide bonds. The Morgan fingerprint density at radius 1 is 1.30 bits per heavy atom. The summed E-state index contributed by atoms with van der Waals surface area (Å²) in [6.07, 6.45) is 12.2. The van der Waals surface area contributed by atoms with Gasteiger partial charge in [-0.3, -0.25) is 16.3 Å². The van der Waals surface area contributed by atoms with Crippen LogP contribution in [-0.4, -0.2) is 11.0 Å². The first-order chi connectivity index (χ1) is 9.74. The average molecular weight is 273 g/mol. The third kappa shape index (κ3) is 2.49. The van der Waals surface area contributed by atoms with Crippen LogP contribution in [0.4, 0.5) is 0 Å². The third-order valence-electron chi connectivity index (χ3n) is 5.57. The van der Waals surface area contributed by atoms with Crippen LogP contribution in [0.25, 0.3) is 0 Å². The van der Waals surface area contributed by atoms with Crippen LogP contribution in [-0.2, 0) is 6.42 Å². The quantitative estimate of drug-likeness (QED) is 0.656. The molecular formula is C17H27N3. The zero-order chi connectivity index (χ0) is 14.0. The number of aryl methyl sites for hydroxylation is 1. The second kappa shape index (κ2) is 5.82. The molecule has 0 bridgehead atoms. The number of fused-ring (bicyclic) bond motifs is 1. The predicted molar refractivity (Wildman–Crippen MR) is 82.2 cm³/mol. The molecule has 3 N–H and O–H groups in total. The molecule has 1 fully saturated rings. The Kier molecular flexibility index (Phi) is 4.08. The summed E-state index contributed by atoms with van der Waals surface area (Å²) >= 11 is 0. The van der Waals surface area contributed by atoms with Gasteiger partial charge in [-0.1, -0.05) is 32.3 Å². The van der Waals surface area contributed by atoms with Gasteiger partial charge in [0.2, 0.25) is 0 Å². The minimum atomic E-state index is 0.323. The number of nitrogens with one attached hydrogen (secondary N) is 1. The summed E-state index contributed by atoms with van der Waals surface area (Å²) in [4.78, 5) is 4.70. The number of hydrogen-bond acceptors (Lipinski definition) is 3. The van der Waals surface area contributed by atoms with Crippen LogP contribution in [0, 0.1) is 5.41 Å². The normalized spacial score (nSPS) is 26.8. The molecule has 110 valence electrons. The van der Waals surface area contributed by atoms with Crippen molar-refractivity contribution >= 4 is 0 Å². The summed E-state index contributed by atoms with van der Waals surface area (Å²) in [5.41, 5.74) is 6.24. The molecule has 20 heavy (non-hydrogen) atoms. The maximum Gasteiger partial charge on any atom is 0.0482 e. The summed E-state index contributed by atoms with van der Waals surface area (Å²) < 4.78 is 0. The van der Waals surface area contributed by atoms with Crippen LogP contribution < -0.4 is 11.3 Å². The lowest BCUT2D eigenvalue weighted by Gasteiger charge is -2.45. The number of rotatable bonds is 3. The molecule has 0 aromatic carbocycles. The highest BCUT2D eigenvalue weighted by molar-refractivity contribution is 5.28. The van der Waals surface area contributed by atoms with Crippen molar-refractivity contribution < 1.29 is 0 Å². The van der Waals surface area contributed by atoms with Gasteiger partial charge in [-0.05, 0) is 49.1 Å². The van der Waals surface area contributed by atoms with Gasteiger partial charge in [-0.15, -0.1) is 0 Å². The van der Waals surface area contributed by atoms with Crippen LogP contribution >= 0.6 is 0 Å². The Morgan fingerprint density at radius 3 is 2.85 bits per heavy atom. The van der Waals surface area contributed by atoms with Gasteiger partial charge in [0.05, 0.1) is 0 Å². The lowest BCUT2D eigenvalue weighted by atomic mass is 9.64. The second-order valence-electron chi connectivity index (χ2n) is 6.91. The summed E-state index contributed by atoms with van der Waals surface area (Å²) in [5.74, 6) is 6.48. The molecule has 0 aliphatic heterocycles. The van der Waals surface area contributed by atoms with Gasteiger partial charge in [0.25, 0.3) is 0 Å². The maximum absolute atomic E-state index is 6.00. The standard InChI is InChI=1S/C17H27N3/c1-17(10-3-2-4-11-17)16(20-18)14-9-5-7-13-8-6-12-19-15(13)14/h6,8,12,14,16,20H,2-5,7,9-11,18H2,1H3. The minimum absolute atomic E-state index is 0.323. The van der Waals surface area contributed by atoms with Gasteiger partial charge >= 0.3 is 0 Å². The van der Waals surface area contributed by atoms with Gasteiger partial charge < -0.3 is 0 Å². The Labute approximate surface area is 122 Å². The van der Waals surface area contributed by atoms with Crippen molar-refractivity contribution in [3.63, 3.8) is 0 Å². The Bertz CT molecular complexity index is 451. The molecule has 1 heterocycles. The summed E-state index contributed by atoms with van der Waals surface area (Å²) in [7, 11) is 0. The molecule has 1 saturated carbocycles. The van der Waals surface area contributed by atoms with Gasteiger partial charge in [0, 0.05) is 23.9 Å². The van der Waals surface area contributed by atoms with Crippen molar-refractivity contribution in [3.05, 3.63) is 29.6 Å². The average Bonchev–Trinajstić information content (AvgIpc) is 2.49. The third-order valence-corrected chi connectivity index (χ3v) is 5.57. The number of aromatic nitrogens is 1. The zero-order valence-corrected chi connectivity index (χ0v) is 12.6. The summed E-state index contributed by atoms with van der Waals surface area (Å²) in [5, 5.41) is 0. The maximum atomic E-state index is 6.00. The van der Waals surface area contributed by atoms with Crippen LogP contribution in [0.5, 0.6) is 0 Å². The van der Waals surface area contributed by atoms with E-state index >= 15 is 0 Å². The van der Waals surface area contributed by atoms with E-state index in [4.69, 9.17) is 10.8 Å². The molecule has 2 aliphatic rings. The van der Waals surface area contributed by atoms with Crippen molar-refractivity contribution in [1.29, 1.82) is 0 Å². The molecule has 0 spiro atoms. The molecule has 3 heteroatoms. The Hall–Kier alpha value is -0.930. The van der Waals surface area contributed by atoms with Crippen molar-refractivity contribution in [2.45, 2.75) is 70.3 Å². The van der Waals surface area contributed by atoms with E-state index in [1.54, 1.807) is 0 Å². The highest BCUT2D eigenvalue weighted by atomic mass is 15.2. The van der Waals surface area contributed by atoms with E-state index in [2.05, 4.69) is 24.5 Å². The number of hydrazine groups is 1. The minimum Gasteiger partial charge on any atom is -0.271 e. The van der Waals surface area contributed by atoms with E-state index in [0.717, 1.165) is 0 Å². The topological polar surface area (TPSA) is 50.9 Å². The molecule has 0 saturated heterocycles. The van der Waals surface area contributed by atoms with Crippen LogP contribution in [0.1, 0.15) is 69.0 Å². The van der Waals surface area contributed by atoms with Crippen LogP contribution in [0.15, 0.2) is 18.3 Å². The molecule has 0 radical (unpaired) electrons. The summed E-state index contributed by atoms with van der Waals surface area (Å²) in [6, 6.07) is 4.66. The number of pyridine rings is 1. The second-order valence-corrected chi connectivity index (χ2v) is 6.91. The molecule has 2 aliphatic carbocycles. The lowest BCUT2D eigenvalue weighted by Crippen LogP contribution is -2.52. The van der Waals surface area contributed by atoms with E-state index in [1.807, 2.05) is 6.20 Å². The van der Waals surface area contributed by atoms with Crippen molar-refractivity contribution in [2.24, 2.45) is 11.3 Å². The van der Waals surface area contributed by atoms with E-state index < -0.39 is 0 Å². The fourth-order valence-corrected chi connectivity index (χ4v) is 4.44. The number of hydrogen-bond donors (Lipinski definition) is 2. The van der Waals surface area contributed by atoms with E-state index in [-0.39, 0.29) is 0 Å². The first-order valence-electron chi connectivity index (χ1n) is 8.14. The number of nitrogens with zero attached hydrogens (tertiary/aromatic N) is 1. The van der Waals surface area contributed by atoms with E-state index in [1.165, 1.54) is 62.6 Å². The van der Waals surface area contributed by atoms with E-state index in [0.29, 0.717) is 17.4 Å². The van der Waals surface area contributed by atoms with Crippen molar-refractivity contribution in [1.82, 2.24) is 10.4 Å². The van der Waals surface area contributed by atoms with Gasteiger partial charge in [0.15, 0.2) is 0 Å². The smallest absolute Gasteiger partial charge is 0.0482 e. The number of nitrogens with two attached hydrogens (primary N) is 1. The molecule has 1 aromatic heterocycles. The fraction of sp³-hybridized carbons (Fsp3) is 0.706. The zero-order valence-electron chi connectivity index (χ0n) is 12.6. The van der Waals surface area contributed by atoms with Crippen molar-refractivity contribution in [3.8, 4) is 0 Å². The highest BCUT2D eigenvalue weighted by Crippen LogP contribution is 2.46. The highest BCUT2D eigenvalue weighted by Gasteiger charge is 2.41. The Balaban J connectivity index is 1.90. The van der Waals surface area contributed by atoms with Gasteiger partial charge in [-0.2, -0.15) is 0 Å². The van der Waals surface area contributed by atoms with Crippen molar-refractivity contribution in [2.75, 3.05) is 0 Å². The monoisotopic (exact) mass is 273 g/mol. The fourth-order valence-electron chi connectivity index (χ4n) is 4.44. The van der Waals surface area contributed by atoms with Crippen LogP contribution in [0.3, 0.4) is 0 Å². The van der Waals surface area contributed by atoms with Gasteiger partial charge in [-0.25, -0.2) is 0 Å². The first kappa shape index (κ1) is 14.0. The largest absolute Gasteiger partial charge is 0.271 e. The molecular weight excluding hydrogens is 246 g/mol. The molecule has 2 unspecified atom stereocenters. The predicted octanol–water partition coefficient (Wildman–Crippen LogP) is 3.30. The summed E-state index contributed by atoms with van der Waals surface area (Å²) in [6.45, 7) is 2.42. The Morgan fingerprint density at radius 2 is 2.10 bits per heavy atom. The lowest BCUT2D eigenvalue weighted by molar-refractivity contribution is 0.118.